The number of rotatable bonds is 52. The molecule has 1 N–H and O–H groups in total. The SMILES string of the molecule is CCCCCCCC/C=C\CCCCCCCC(=O)OCC(COP(=O)(O)OCC[N+](C)(C)C)OC(=O)CCCCCCCCCCCCCCCCC/C=C\CCCCCCCCCC. The minimum Gasteiger partial charge on any atom is -0.462 e. The first kappa shape index (κ1) is 64.5. The van der Waals surface area contributed by atoms with Crippen molar-refractivity contribution in [2.75, 3.05) is 47.5 Å². The Kier molecular flexibility index (Phi) is 47.4. The van der Waals surface area contributed by atoms with Crippen molar-refractivity contribution in [2.24, 2.45) is 0 Å². The molecule has 0 aromatic carbocycles. The number of ether oxygens (including phenoxy) is 2. The number of unbranched alkanes of at least 4 members (excludes halogenated alkanes) is 34. The number of nitrogens with zero attached hydrogens (tertiary/aromatic N) is 1. The van der Waals surface area contributed by atoms with Crippen LogP contribution in [0.4, 0.5) is 0 Å². The molecule has 0 radical (unpaired) electrons. The lowest BCUT2D eigenvalue weighted by Gasteiger charge is -2.24. The molecule has 390 valence electrons. The third-order valence-corrected chi connectivity index (χ3v) is 13.4. The molecule has 0 bridgehead atoms. The maximum absolute atomic E-state index is 12.8. The second-order valence-corrected chi connectivity index (χ2v) is 21.8. The van der Waals surface area contributed by atoms with E-state index in [-0.39, 0.29) is 32.0 Å². The molecule has 0 aliphatic carbocycles. The molecule has 0 fully saturated rings. The van der Waals surface area contributed by atoms with Gasteiger partial charge in [0.15, 0.2) is 6.10 Å². The third kappa shape index (κ3) is 51.9. The molecule has 2 atom stereocenters. The average Bonchev–Trinajstić information content (AvgIpc) is 3.27. The molecule has 10 heteroatoms. The van der Waals surface area contributed by atoms with Gasteiger partial charge in [0.25, 0.3) is 0 Å². The Labute approximate surface area is 409 Å². The van der Waals surface area contributed by atoms with Crippen LogP contribution < -0.4 is 0 Å². The summed E-state index contributed by atoms with van der Waals surface area (Å²) in [5.74, 6) is -0.795. The monoisotopic (exact) mass is 955 g/mol. The lowest BCUT2D eigenvalue weighted by Crippen LogP contribution is -2.37. The van der Waals surface area contributed by atoms with Crippen molar-refractivity contribution in [3.05, 3.63) is 24.3 Å². The van der Waals surface area contributed by atoms with Crippen LogP contribution in [-0.4, -0.2) is 74.9 Å². The maximum Gasteiger partial charge on any atom is 0.472 e. The standard InChI is InChI=1S/C56H108NO8P/c1-6-8-10-12-14-16-18-20-22-23-24-25-26-27-28-29-30-31-32-33-35-37-39-41-43-45-47-49-56(59)65-54(53-64-66(60,61)63-51-50-57(3,4)5)52-62-55(58)48-46-44-42-40-38-36-34-21-19-17-15-13-11-9-7-2/h21,23-24,34,54H,6-20,22,25-33,35-53H2,1-5H3/p+1/b24-23-,34-21-. The first-order valence-corrected chi connectivity index (χ1v) is 29.6. The van der Waals surface area contributed by atoms with E-state index in [1.165, 1.54) is 186 Å². The summed E-state index contributed by atoms with van der Waals surface area (Å²) in [6.45, 7) is 4.45. The van der Waals surface area contributed by atoms with Crippen molar-refractivity contribution in [2.45, 2.75) is 277 Å². The highest BCUT2D eigenvalue weighted by Crippen LogP contribution is 2.43. The highest BCUT2D eigenvalue weighted by atomic mass is 31.2. The van der Waals surface area contributed by atoms with Gasteiger partial charge in [0.2, 0.25) is 0 Å². The number of carbonyl (C=O) groups is 2. The van der Waals surface area contributed by atoms with E-state index in [0.29, 0.717) is 17.4 Å². The van der Waals surface area contributed by atoms with Crippen LogP contribution in [0.2, 0.25) is 0 Å². The summed E-state index contributed by atoms with van der Waals surface area (Å²) in [6, 6.07) is 0. The van der Waals surface area contributed by atoms with Crippen LogP contribution in [-0.2, 0) is 32.7 Å². The van der Waals surface area contributed by atoms with Gasteiger partial charge in [-0.1, -0.05) is 218 Å². The lowest BCUT2D eigenvalue weighted by molar-refractivity contribution is -0.870. The predicted molar refractivity (Wildman–Crippen MR) is 280 cm³/mol. The molecule has 0 aromatic heterocycles. The van der Waals surface area contributed by atoms with Gasteiger partial charge < -0.3 is 18.9 Å². The zero-order valence-corrected chi connectivity index (χ0v) is 45.1. The molecule has 0 aliphatic rings. The molecule has 0 saturated heterocycles. The van der Waals surface area contributed by atoms with Gasteiger partial charge in [-0.25, -0.2) is 4.57 Å². The predicted octanol–water partition coefficient (Wildman–Crippen LogP) is 17.0. The summed E-state index contributed by atoms with van der Waals surface area (Å²) in [6.07, 6.45) is 56.7. The largest absolute Gasteiger partial charge is 0.472 e. The number of allylic oxidation sites excluding steroid dienone is 4. The first-order chi connectivity index (χ1) is 32.0. The summed E-state index contributed by atoms with van der Waals surface area (Å²) in [4.78, 5) is 35.6. The molecule has 0 amide bonds. The Morgan fingerprint density at radius 2 is 0.773 bits per heavy atom. The third-order valence-electron chi connectivity index (χ3n) is 12.5. The van der Waals surface area contributed by atoms with E-state index in [1.807, 2.05) is 21.1 Å². The topological polar surface area (TPSA) is 108 Å². The summed E-state index contributed by atoms with van der Waals surface area (Å²) >= 11 is 0. The first-order valence-electron chi connectivity index (χ1n) is 28.1. The summed E-state index contributed by atoms with van der Waals surface area (Å²) < 4.78 is 34.5. The van der Waals surface area contributed by atoms with Gasteiger partial charge in [0.1, 0.15) is 19.8 Å². The van der Waals surface area contributed by atoms with Crippen molar-refractivity contribution in [1.82, 2.24) is 0 Å². The minimum atomic E-state index is -4.38. The van der Waals surface area contributed by atoms with Crippen molar-refractivity contribution in [1.29, 1.82) is 0 Å². The van der Waals surface area contributed by atoms with Gasteiger partial charge in [-0.15, -0.1) is 0 Å². The molecular weight excluding hydrogens is 846 g/mol. The zero-order chi connectivity index (χ0) is 48.5. The van der Waals surface area contributed by atoms with Gasteiger partial charge in [0.05, 0.1) is 27.7 Å². The number of esters is 2. The van der Waals surface area contributed by atoms with E-state index in [0.717, 1.165) is 51.4 Å². The van der Waals surface area contributed by atoms with Crippen LogP contribution in [0.25, 0.3) is 0 Å². The molecule has 66 heavy (non-hydrogen) atoms. The van der Waals surface area contributed by atoms with E-state index < -0.39 is 26.5 Å². The number of quaternary nitrogens is 1. The van der Waals surface area contributed by atoms with E-state index in [4.69, 9.17) is 18.5 Å². The van der Waals surface area contributed by atoms with Crippen molar-refractivity contribution < 1.29 is 42.1 Å². The van der Waals surface area contributed by atoms with Crippen LogP contribution in [0.5, 0.6) is 0 Å². The molecular formula is C56H109NO8P+. The van der Waals surface area contributed by atoms with Crippen molar-refractivity contribution >= 4 is 19.8 Å². The molecule has 0 aliphatic heterocycles. The van der Waals surface area contributed by atoms with E-state index in [9.17, 15) is 19.0 Å². The van der Waals surface area contributed by atoms with Crippen LogP contribution in [0.15, 0.2) is 24.3 Å². The summed E-state index contributed by atoms with van der Waals surface area (Å²) in [5.41, 5.74) is 0. The fourth-order valence-electron chi connectivity index (χ4n) is 8.07. The molecule has 0 rings (SSSR count). The average molecular weight is 955 g/mol. The van der Waals surface area contributed by atoms with Gasteiger partial charge in [-0.05, 0) is 64.2 Å². The number of carbonyl (C=O) groups excluding carboxylic acids is 2. The number of hydrogen-bond donors (Lipinski definition) is 1. The Morgan fingerprint density at radius 3 is 1.12 bits per heavy atom. The molecule has 0 spiro atoms. The molecule has 0 heterocycles. The second kappa shape index (κ2) is 48.5. The number of hydrogen-bond acceptors (Lipinski definition) is 7. The van der Waals surface area contributed by atoms with Crippen LogP contribution >= 0.6 is 7.82 Å². The van der Waals surface area contributed by atoms with E-state index in [2.05, 4.69) is 38.2 Å². The molecule has 2 unspecified atom stereocenters. The Hall–Kier alpha value is -1.51. The normalized spacial score (nSPS) is 13.5. The summed E-state index contributed by atoms with van der Waals surface area (Å²) in [7, 11) is 1.48. The van der Waals surface area contributed by atoms with Gasteiger partial charge in [-0.3, -0.25) is 18.6 Å². The fraction of sp³-hybridized carbons (Fsp3) is 0.893. The Morgan fingerprint density at radius 1 is 0.455 bits per heavy atom. The van der Waals surface area contributed by atoms with E-state index >= 15 is 0 Å². The van der Waals surface area contributed by atoms with Crippen LogP contribution in [0, 0.1) is 0 Å². The smallest absolute Gasteiger partial charge is 0.462 e. The Balaban J connectivity index is 4.11. The van der Waals surface area contributed by atoms with E-state index in [1.54, 1.807) is 0 Å². The van der Waals surface area contributed by atoms with Crippen molar-refractivity contribution in [3.63, 3.8) is 0 Å². The van der Waals surface area contributed by atoms with Crippen molar-refractivity contribution in [3.8, 4) is 0 Å². The Bertz CT molecular complexity index is 1170. The minimum absolute atomic E-state index is 0.0326. The zero-order valence-electron chi connectivity index (χ0n) is 44.2. The number of likely N-dealkylation sites (N-methyl/N-ethyl adjacent to an activating group) is 1. The highest BCUT2D eigenvalue weighted by molar-refractivity contribution is 7.47. The quantitative estimate of drug-likeness (QED) is 0.0211. The molecule has 0 saturated carbocycles. The molecule has 9 nitrogen and oxygen atoms in total. The van der Waals surface area contributed by atoms with Gasteiger partial charge in [-0.2, -0.15) is 0 Å². The van der Waals surface area contributed by atoms with Gasteiger partial charge >= 0.3 is 19.8 Å². The van der Waals surface area contributed by atoms with Crippen LogP contribution in [0.3, 0.4) is 0 Å². The number of phosphoric ester groups is 1. The molecule has 0 aromatic rings. The highest BCUT2D eigenvalue weighted by Gasteiger charge is 2.27. The maximum atomic E-state index is 12.8. The van der Waals surface area contributed by atoms with Crippen LogP contribution in [0.1, 0.15) is 271 Å². The fourth-order valence-corrected chi connectivity index (χ4v) is 8.81. The lowest BCUT2D eigenvalue weighted by atomic mass is 10.0. The summed E-state index contributed by atoms with van der Waals surface area (Å²) in [5, 5.41) is 0. The van der Waals surface area contributed by atoms with Gasteiger partial charge in [0, 0.05) is 12.8 Å². The number of phosphoric acid groups is 1. The second-order valence-electron chi connectivity index (χ2n) is 20.3.